The maximum absolute atomic E-state index is 12.9. The van der Waals surface area contributed by atoms with E-state index >= 15 is 0 Å². The van der Waals surface area contributed by atoms with Crippen LogP contribution in [0.4, 0.5) is 5.69 Å². The summed E-state index contributed by atoms with van der Waals surface area (Å²) in [6.45, 7) is 2.59. The van der Waals surface area contributed by atoms with Gasteiger partial charge in [0.05, 0.1) is 23.4 Å². The zero-order valence-electron chi connectivity index (χ0n) is 19.2. The fourth-order valence-corrected chi connectivity index (χ4v) is 5.43. The predicted octanol–water partition coefficient (Wildman–Crippen LogP) is 3.63. The van der Waals surface area contributed by atoms with E-state index in [9.17, 15) is 19.2 Å². The zero-order valence-corrected chi connectivity index (χ0v) is 19.2. The number of imide groups is 1. The summed E-state index contributed by atoms with van der Waals surface area (Å²) in [5.74, 6) is -1.36. The van der Waals surface area contributed by atoms with E-state index in [2.05, 4.69) is 0 Å². The normalized spacial score (nSPS) is 24.5. The molecule has 3 atom stereocenters. The summed E-state index contributed by atoms with van der Waals surface area (Å²) in [4.78, 5) is 54.0. The Morgan fingerprint density at radius 2 is 1.65 bits per heavy atom. The third kappa shape index (κ3) is 4.11. The SMILES string of the molecule is Cc1cc(OC(=O)[C@H]2CC(=O)N(Cc3ccccc3)C2)ccc1N1C(=O)[C@H]2CCCC[C@H]2C1=O. The standard InChI is InChI=1S/C27H28N2O5/c1-17-13-20(11-12-23(17)29-25(31)21-9-5-6-10-22(21)26(29)32)34-27(33)19-14-24(30)28(16-19)15-18-7-3-2-4-8-18/h2-4,7-8,11-13,19,21-22H,5-6,9-10,14-16H2,1H3/t19-,21-,22+/m0/s1. The molecule has 5 rings (SSSR count). The van der Waals surface area contributed by atoms with Crippen LogP contribution in [0, 0.1) is 24.7 Å². The maximum Gasteiger partial charge on any atom is 0.316 e. The van der Waals surface area contributed by atoms with Crippen LogP contribution in [0.1, 0.15) is 43.2 Å². The number of ether oxygens (including phenoxy) is 1. The van der Waals surface area contributed by atoms with E-state index in [1.54, 1.807) is 30.0 Å². The fraction of sp³-hybridized carbons (Fsp3) is 0.407. The van der Waals surface area contributed by atoms with Crippen molar-refractivity contribution in [2.75, 3.05) is 11.4 Å². The first-order chi connectivity index (χ1) is 16.4. The first-order valence-corrected chi connectivity index (χ1v) is 11.9. The van der Waals surface area contributed by atoms with Crippen molar-refractivity contribution in [3.05, 3.63) is 59.7 Å². The van der Waals surface area contributed by atoms with Crippen molar-refractivity contribution in [2.45, 2.75) is 45.6 Å². The van der Waals surface area contributed by atoms with Gasteiger partial charge in [-0.3, -0.25) is 19.2 Å². The molecule has 1 saturated carbocycles. The minimum atomic E-state index is -0.527. The Kier molecular flexibility index (Phi) is 5.94. The molecule has 7 heteroatoms. The molecule has 2 saturated heterocycles. The van der Waals surface area contributed by atoms with Gasteiger partial charge in [-0.15, -0.1) is 0 Å². The Morgan fingerprint density at radius 3 is 2.29 bits per heavy atom. The summed E-state index contributed by atoms with van der Waals surface area (Å²) in [6, 6.07) is 14.6. The molecule has 0 unspecified atom stereocenters. The second-order valence-electron chi connectivity index (χ2n) is 9.54. The van der Waals surface area contributed by atoms with E-state index in [0.29, 0.717) is 30.1 Å². The van der Waals surface area contributed by atoms with Crippen molar-refractivity contribution in [3.8, 4) is 5.75 Å². The number of anilines is 1. The molecule has 1 aliphatic carbocycles. The predicted molar refractivity (Wildman–Crippen MR) is 125 cm³/mol. The summed E-state index contributed by atoms with van der Waals surface area (Å²) in [5.41, 5.74) is 2.26. The Bertz CT molecular complexity index is 1120. The number of carbonyl (C=O) groups is 4. The molecule has 34 heavy (non-hydrogen) atoms. The number of hydrogen-bond acceptors (Lipinski definition) is 5. The summed E-state index contributed by atoms with van der Waals surface area (Å²) in [7, 11) is 0. The maximum atomic E-state index is 12.9. The van der Waals surface area contributed by atoms with Crippen LogP contribution in [-0.4, -0.2) is 35.1 Å². The number of benzene rings is 2. The van der Waals surface area contributed by atoms with E-state index < -0.39 is 11.9 Å². The van der Waals surface area contributed by atoms with Gasteiger partial charge in [-0.05, 0) is 49.1 Å². The smallest absolute Gasteiger partial charge is 0.316 e. The minimum absolute atomic E-state index is 0.0649. The number of aryl methyl sites for hydroxylation is 1. The lowest BCUT2D eigenvalue weighted by atomic mass is 9.81. The monoisotopic (exact) mass is 460 g/mol. The summed E-state index contributed by atoms with van der Waals surface area (Å²) in [6.07, 6.45) is 3.62. The molecule has 2 aromatic rings. The minimum Gasteiger partial charge on any atom is -0.426 e. The third-order valence-corrected chi connectivity index (χ3v) is 7.23. The molecule has 2 aliphatic heterocycles. The third-order valence-electron chi connectivity index (χ3n) is 7.23. The average Bonchev–Trinajstić information content (AvgIpc) is 3.32. The number of rotatable bonds is 5. The van der Waals surface area contributed by atoms with Gasteiger partial charge in [-0.25, -0.2) is 4.90 Å². The Morgan fingerprint density at radius 1 is 0.971 bits per heavy atom. The largest absolute Gasteiger partial charge is 0.426 e. The molecule has 2 aromatic carbocycles. The number of esters is 1. The molecule has 2 heterocycles. The molecule has 0 N–H and O–H groups in total. The van der Waals surface area contributed by atoms with Crippen molar-refractivity contribution in [3.63, 3.8) is 0 Å². The summed E-state index contributed by atoms with van der Waals surface area (Å²) in [5, 5.41) is 0. The topological polar surface area (TPSA) is 84.0 Å². The average molecular weight is 461 g/mol. The second kappa shape index (κ2) is 9.05. The van der Waals surface area contributed by atoms with Gasteiger partial charge in [0, 0.05) is 19.5 Å². The quantitative estimate of drug-likeness (QED) is 0.387. The van der Waals surface area contributed by atoms with Crippen molar-refractivity contribution in [1.82, 2.24) is 4.90 Å². The van der Waals surface area contributed by atoms with Gasteiger partial charge in [-0.2, -0.15) is 0 Å². The van der Waals surface area contributed by atoms with E-state index in [4.69, 9.17) is 4.74 Å². The second-order valence-corrected chi connectivity index (χ2v) is 9.54. The number of hydrogen-bond donors (Lipinski definition) is 0. The van der Waals surface area contributed by atoms with Crippen molar-refractivity contribution < 1.29 is 23.9 Å². The first-order valence-electron chi connectivity index (χ1n) is 11.9. The highest BCUT2D eigenvalue weighted by atomic mass is 16.5. The number of nitrogens with zero attached hydrogens (tertiary/aromatic N) is 2. The Labute approximate surface area is 198 Å². The summed E-state index contributed by atoms with van der Waals surface area (Å²) < 4.78 is 5.59. The summed E-state index contributed by atoms with van der Waals surface area (Å²) >= 11 is 0. The van der Waals surface area contributed by atoms with Gasteiger partial charge in [0.2, 0.25) is 17.7 Å². The number of carbonyl (C=O) groups excluding carboxylic acids is 4. The van der Waals surface area contributed by atoms with Gasteiger partial charge >= 0.3 is 5.97 Å². The highest BCUT2D eigenvalue weighted by Crippen LogP contribution is 2.41. The lowest BCUT2D eigenvalue weighted by molar-refractivity contribution is -0.139. The fourth-order valence-electron chi connectivity index (χ4n) is 5.43. The highest BCUT2D eigenvalue weighted by molar-refractivity contribution is 6.22. The van der Waals surface area contributed by atoms with Crippen LogP contribution in [0.3, 0.4) is 0 Å². The van der Waals surface area contributed by atoms with Crippen LogP contribution >= 0.6 is 0 Å². The van der Waals surface area contributed by atoms with E-state index in [-0.39, 0.29) is 36.0 Å². The lowest BCUT2D eigenvalue weighted by Crippen LogP contribution is -2.31. The van der Waals surface area contributed by atoms with Crippen molar-refractivity contribution in [1.29, 1.82) is 0 Å². The van der Waals surface area contributed by atoms with Crippen molar-refractivity contribution >= 4 is 29.4 Å². The molecule has 7 nitrogen and oxygen atoms in total. The molecule has 0 spiro atoms. The molecular weight excluding hydrogens is 432 g/mol. The van der Waals surface area contributed by atoms with Crippen molar-refractivity contribution in [2.24, 2.45) is 17.8 Å². The van der Waals surface area contributed by atoms with Gasteiger partial charge in [-0.1, -0.05) is 43.2 Å². The first kappa shape index (κ1) is 22.3. The van der Waals surface area contributed by atoms with Gasteiger partial charge in [0.15, 0.2) is 0 Å². The number of likely N-dealkylation sites (tertiary alicyclic amines) is 1. The van der Waals surface area contributed by atoms with Crippen LogP contribution in [-0.2, 0) is 25.7 Å². The highest BCUT2D eigenvalue weighted by Gasteiger charge is 2.49. The zero-order chi connectivity index (χ0) is 23.8. The van der Waals surface area contributed by atoms with Crippen LogP contribution in [0.5, 0.6) is 5.75 Å². The molecule has 3 amide bonds. The van der Waals surface area contributed by atoms with E-state index in [0.717, 1.165) is 31.2 Å². The van der Waals surface area contributed by atoms with E-state index in [1.807, 2.05) is 30.3 Å². The number of amides is 3. The van der Waals surface area contributed by atoms with Crippen LogP contribution in [0.2, 0.25) is 0 Å². The van der Waals surface area contributed by atoms with Crippen LogP contribution < -0.4 is 9.64 Å². The van der Waals surface area contributed by atoms with Gasteiger partial charge < -0.3 is 9.64 Å². The molecule has 176 valence electrons. The van der Waals surface area contributed by atoms with Gasteiger partial charge in [0.25, 0.3) is 0 Å². The molecule has 3 fully saturated rings. The molecular formula is C27H28N2O5. The molecule has 0 aromatic heterocycles. The molecule has 3 aliphatic rings. The Hall–Kier alpha value is -3.48. The lowest BCUT2D eigenvalue weighted by Gasteiger charge is -2.19. The van der Waals surface area contributed by atoms with E-state index in [1.165, 1.54) is 4.90 Å². The molecule has 0 radical (unpaired) electrons. The number of fused-ring (bicyclic) bond motifs is 1. The van der Waals surface area contributed by atoms with Gasteiger partial charge in [0.1, 0.15) is 5.75 Å². The van der Waals surface area contributed by atoms with Crippen LogP contribution in [0.15, 0.2) is 48.5 Å². The van der Waals surface area contributed by atoms with Crippen LogP contribution in [0.25, 0.3) is 0 Å². The Balaban J connectivity index is 1.25. The molecule has 0 bridgehead atoms.